The minimum absolute atomic E-state index is 0.105. The van der Waals surface area contributed by atoms with Crippen LogP contribution in [0.5, 0.6) is 0 Å². The molecule has 1 aromatic heterocycles. The van der Waals surface area contributed by atoms with Gasteiger partial charge in [0.1, 0.15) is 5.01 Å². The van der Waals surface area contributed by atoms with Crippen LogP contribution in [0.25, 0.3) is 0 Å². The van der Waals surface area contributed by atoms with Crippen molar-refractivity contribution in [1.82, 2.24) is 10.3 Å². The van der Waals surface area contributed by atoms with E-state index in [1.807, 2.05) is 20.0 Å². The van der Waals surface area contributed by atoms with Gasteiger partial charge in [-0.1, -0.05) is 12.1 Å². The number of benzene rings is 1. The number of nitrogens with two attached hydrogens (primary N) is 1. The van der Waals surface area contributed by atoms with Gasteiger partial charge in [-0.05, 0) is 31.5 Å². The monoisotopic (exact) mass is 311 g/mol. The van der Waals surface area contributed by atoms with Crippen LogP contribution in [0.4, 0.5) is 0 Å². The second-order valence-corrected chi connectivity index (χ2v) is 7.46. The largest absolute Gasteiger partial charge is 0.304 e. The highest BCUT2D eigenvalue weighted by molar-refractivity contribution is 7.89. The first-order valence-electron chi connectivity index (χ1n) is 6.14. The fourth-order valence-electron chi connectivity index (χ4n) is 1.79. The van der Waals surface area contributed by atoms with Crippen molar-refractivity contribution < 1.29 is 8.42 Å². The molecule has 0 amide bonds. The van der Waals surface area contributed by atoms with E-state index >= 15 is 0 Å². The standard InChI is InChI=1S/C13H17N3O2S2/c1-9-7-16-13(19-9)8-15-10(2)11-3-5-12(6-4-11)20(14,17)18/h3-7,10,15H,8H2,1-2H3,(H2,14,17,18). The van der Waals surface area contributed by atoms with Crippen molar-refractivity contribution in [3.63, 3.8) is 0 Å². The van der Waals surface area contributed by atoms with Gasteiger partial charge in [0.2, 0.25) is 10.0 Å². The van der Waals surface area contributed by atoms with Gasteiger partial charge in [-0.2, -0.15) is 0 Å². The third-order valence-corrected chi connectivity index (χ3v) is 4.78. The van der Waals surface area contributed by atoms with Crippen molar-refractivity contribution in [2.75, 3.05) is 0 Å². The molecule has 108 valence electrons. The second-order valence-electron chi connectivity index (χ2n) is 4.58. The van der Waals surface area contributed by atoms with Crippen molar-refractivity contribution in [2.45, 2.75) is 31.3 Å². The van der Waals surface area contributed by atoms with Crippen molar-refractivity contribution in [1.29, 1.82) is 0 Å². The first-order valence-corrected chi connectivity index (χ1v) is 8.50. The number of nitrogens with zero attached hydrogens (tertiary/aromatic N) is 1. The lowest BCUT2D eigenvalue weighted by atomic mass is 10.1. The van der Waals surface area contributed by atoms with E-state index in [2.05, 4.69) is 10.3 Å². The van der Waals surface area contributed by atoms with Crippen LogP contribution in [0.1, 0.15) is 28.4 Å². The van der Waals surface area contributed by atoms with E-state index in [0.717, 1.165) is 10.6 Å². The molecule has 20 heavy (non-hydrogen) atoms. The molecule has 0 saturated heterocycles. The molecule has 2 rings (SSSR count). The summed E-state index contributed by atoms with van der Waals surface area (Å²) in [5, 5.41) is 9.46. The molecule has 1 atom stereocenters. The fraction of sp³-hybridized carbons (Fsp3) is 0.308. The Morgan fingerprint density at radius 1 is 1.35 bits per heavy atom. The maximum Gasteiger partial charge on any atom is 0.238 e. The highest BCUT2D eigenvalue weighted by atomic mass is 32.2. The van der Waals surface area contributed by atoms with Crippen molar-refractivity contribution in [3.8, 4) is 0 Å². The Morgan fingerprint density at radius 2 is 2.00 bits per heavy atom. The van der Waals surface area contributed by atoms with Gasteiger partial charge in [0.05, 0.1) is 4.90 Å². The minimum Gasteiger partial charge on any atom is -0.304 e. The van der Waals surface area contributed by atoms with Gasteiger partial charge >= 0.3 is 0 Å². The van der Waals surface area contributed by atoms with Gasteiger partial charge in [0.15, 0.2) is 0 Å². The molecule has 7 heteroatoms. The molecule has 1 heterocycles. The average molecular weight is 311 g/mol. The second kappa shape index (κ2) is 6.01. The molecule has 0 aliphatic carbocycles. The van der Waals surface area contributed by atoms with Crippen LogP contribution in [0.15, 0.2) is 35.4 Å². The topological polar surface area (TPSA) is 85.1 Å². The molecule has 2 aromatic rings. The molecule has 0 aliphatic heterocycles. The smallest absolute Gasteiger partial charge is 0.238 e. The van der Waals surface area contributed by atoms with Crippen LogP contribution in [0.3, 0.4) is 0 Å². The third kappa shape index (κ3) is 3.86. The Morgan fingerprint density at radius 3 is 2.50 bits per heavy atom. The van der Waals surface area contributed by atoms with Crippen LogP contribution in [-0.2, 0) is 16.6 Å². The van der Waals surface area contributed by atoms with E-state index < -0.39 is 10.0 Å². The van der Waals surface area contributed by atoms with E-state index in [1.54, 1.807) is 23.5 Å². The van der Waals surface area contributed by atoms with Gasteiger partial charge in [-0.15, -0.1) is 11.3 Å². The number of thiazole rings is 1. The van der Waals surface area contributed by atoms with Gasteiger partial charge in [0, 0.05) is 23.7 Å². The Balaban J connectivity index is 2.00. The lowest BCUT2D eigenvalue weighted by Crippen LogP contribution is -2.18. The van der Waals surface area contributed by atoms with Gasteiger partial charge < -0.3 is 5.32 Å². The molecule has 1 unspecified atom stereocenters. The Labute approximate surface area is 122 Å². The Hall–Kier alpha value is -1.28. The summed E-state index contributed by atoms with van der Waals surface area (Å²) in [5.41, 5.74) is 1.01. The summed E-state index contributed by atoms with van der Waals surface area (Å²) in [7, 11) is -3.63. The lowest BCUT2D eigenvalue weighted by molar-refractivity contribution is 0.572. The molecule has 0 spiro atoms. The summed E-state index contributed by atoms with van der Waals surface area (Å²) in [6.07, 6.45) is 1.85. The number of aromatic nitrogens is 1. The van der Waals surface area contributed by atoms with Crippen LogP contribution in [-0.4, -0.2) is 13.4 Å². The number of aryl methyl sites for hydroxylation is 1. The molecular weight excluding hydrogens is 294 g/mol. The molecule has 0 radical (unpaired) electrons. The van der Waals surface area contributed by atoms with E-state index in [-0.39, 0.29) is 10.9 Å². The number of nitrogens with one attached hydrogen (secondary N) is 1. The quantitative estimate of drug-likeness (QED) is 0.884. The zero-order valence-corrected chi connectivity index (χ0v) is 13.0. The maximum absolute atomic E-state index is 11.2. The van der Waals surface area contributed by atoms with Crippen molar-refractivity contribution in [3.05, 3.63) is 45.9 Å². The van der Waals surface area contributed by atoms with E-state index in [9.17, 15) is 8.42 Å². The minimum atomic E-state index is -3.63. The average Bonchev–Trinajstić information content (AvgIpc) is 2.81. The highest BCUT2D eigenvalue weighted by Gasteiger charge is 2.10. The van der Waals surface area contributed by atoms with E-state index in [4.69, 9.17) is 5.14 Å². The van der Waals surface area contributed by atoms with Gasteiger partial charge in [-0.25, -0.2) is 18.5 Å². The van der Waals surface area contributed by atoms with Gasteiger partial charge in [-0.3, -0.25) is 0 Å². The summed E-state index contributed by atoms with van der Waals surface area (Å²) in [6, 6.07) is 6.69. The molecule has 1 aromatic carbocycles. The zero-order valence-electron chi connectivity index (χ0n) is 11.3. The van der Waals surface area contributed by atoms with Crippen LogP contribution < -0.4 is 10.5 Å². The first kappa shape index (κ1) is 15.1. The van der Waals surface area contributed by atoms with E-state index in [1.165, 1.54) is 17.0 Å². The summed E-state index contributed by atoms with van der Waals surface area (Å²) in [5.74, 6) is 0. The predicted octanol–water partition coefficient (Wildman–Crippen LogP) is 1.95. The van der Waals surface area contributed by atoms with Crippen molar-refractivity contribution in [2.24, 2.45) is 5.14 Å². The fourth-order valence-corrected chi connectivity index (χ4v) is 3.04. The van der Waals surface area contributed by atoms with Crippen molar-refractivity contribution >= 4 is 21.4 Å². The van der Waals surface area contributed by atoms with Crippen LogP contribution in [0, 0.1) is 6.92 Å². The number of rotatable bonds is 5. The normalized spacial score (nSPS) is 13.3. The lowest BCUT2D eigenvalue weighted by Gasteiger charge is -2.13. The molecule has 0 fully saturated rings. The van der Waals surface area contributed by atoms with Crippen LogP contribution >= 0.6 is 11.3 Å². The molecule has 0 bridgehead atoms. The predicted molar refractivity (Wildman–Crippen MR) is 79.9 cm³/mol. The molecule has 5 nitrogen and oxygen atoms in total. The highest BCUT2D eigenvalue weighted by Crippen LogP contribution is 2.17. The maximum atomic E-state index is 11.2. The third-order valence-electron chi connectivity index (χ3n) is 2.94. The first-order chi connectivity index (χ1) is 9.36. The number of primary sulfonamides is 1. The number of sulfonamides is 1. The van der Waals surface area contributed by atoms with Gasteiger partial charge in [0.25, 0.3) is 0 Å². The zero-order chi connectivity index (χ0) is 14.8. The molecule has 3 N–H and O–H groups in total. The summed E-state index contributed by atoms with van der Waals surface area (Å²) in [6.45, 7) is 4.74. The molecule has 0 saturated carbocycles. The SMILES string of the molecule is Cc1cnc(CNC(C)c2ccc(S(N)(=O)=O)cc2)s1. The summed E-state index contributed by atoms with van der Waals surface area (Å²) in [4.78, 5) is 5.60. The number of hydrogen-bond acceptors (Lipinski definition) is 5. The van der Waals surface area contributed by atoms with Crippen LogP contribution in [0.2, 0.25) is 0 Å². The molecular formula is C13H17N3O2S2. The Kier molecular flexibility index (Phi) is 4.54. The summed E-state index contributed by atoms with van der Waals surface area (Å²) >= 11 is 1.66. The number of hydrogen-bond donors (Lipinski definition) is 2. The Bertz CT molecular complexity index is 678. The molecule has 0 aliphatic rings. The summed E-state index contributed by atoms with van der Waals surface area (Å²) < 4.78 is 22.4. The van der Waals surface area contributed by atoms with E-state index in [0.29, 0.717) is 6.54 Å².